The maximum absolute atomic E-state index is 12.7. The Morgan fingerprint density at radius 1 is 1.34 bits per heavy atom. The monoisotopic (exact) mass is 462 g/mol. The lowest BCUT2D eigenvalue weighted by atomic mass is 10.1. The van der Waals surface area contributed by atoms with Crippen LogP contribution in [0, 0.1) is 17.2 Å². The van der Waals surface area contributed by atoms with E-state index < -0.39 is 23.6 Å². The molecule has 1 aliphatic heterocycles. The van der Waals surface area contributed by atoms with Crippen molar-refractivity contribution in [3.63, 3.8) is 0 Å². The van der Waals surface area contributed by atoms with Crippen molar-refractivity contribution in [1.82, 2.24) is 4.90 Å². The molecule has 9 nitrogen and oxygen atoms in total. The molecule has 3 N–H and O–H groups in total. The van der Waals surface area contributed by atoms with E-state index in [1.165, 1.54) is 11.8 Å². The molecule has 2 amide bonds. The molecule has 32 heavy (non-hydrogen) atoms. The summed E-state index contributed by atoms with van der Waals surface area (Å²) in [6.07, 6.45) is 0.119. The van der Waals surface area contributed by atoms with Crippen molar-refractivity contribution in [2.75, 3.05) is 23.7 Å². The Morgan fingerprint density at radius 2 is 2.03 bits per heavy atom. The van der Waals surface area contributed by atoms with Crippen LogP contribution >= 0.6 is 11.8 Å². The van der Waals surface area contributed by atoms with Gasteiger partial charge in [0, 0.05) is 30.9 Å². The minimum Gasteiger partial charge on any atom is -0.480 e. The fourth-order valence-electron chi connectivity index (χ4n) is 3.27. The molecule has 0 bridgehead atoms. The highest BCUT2D eigenvalue weighted by Crippen LogP contribution is 2.36. The fraction of sp³-hybridized carbons (Fsp3) is 0.545. The van der Waals surface area contributed by atoms with Gasteiger partial charge in [-0.05, 0) is 52.3 Å². The molecule has 1 aromatic carbocycles. The summed E-state index contributed by atoms with van der Waals surface area (Å²) in [5, 5.41) is 23.5. The first-order valence-electron chi connectivity index (χ1n) is 10.5. The number of thioether (sulfide) groups is 1. The van der Waals surface area contributed by atoms with Gasteiger partial charge in [-0.25, -0.2) is 4.79 Å². The van der Waals surface area contributed by atoms with E-state index in [0.717, 1.165) is 5.69 Å². The van der Waals surface area contributed by atoms with Crippen LogP contribution in [0.1, 0.15) is 40.5 Å². The van der Waals surface area contributed by atoms with E-state index in [2.05, 4.69) is 10.6 Å². The lowest BCUT2D eigenvalue weighted by Crippen LogP contribution is -2.36. The Bertz CT molecular complexity index is 880. The Labute approximate surface area is 192 Å². The largest absolute Gasteiger partial charge is 0.480 e. The molecule has 3 atom stereocenters. The summed E-state index contributed by atoms with van der Waals surface area (Å²) in [7, 11) is 0. The van der Waals surface area contributed by atoms with Gasteiger partial charge in [0.1, 0.15) is 11.5 Å². The third-order valence-corrected chi connectivity index (χ3v) is 6.23. The average Bonchev–Trinajstić information content (AvgIpc) is 2.99. The third kappa shape index (κ3) is 7.34. The van der Waals surface area contributed by atoms with Crippen LogP contribution in [-0.2, 0) is 14.3 Å². The zero-order chi connectivity index (χ0) is 23.9. The SMILES string of the molecule is CCN1C(=O)C(CCNc2cccc(NC(=O)OC(C)(C)C)c2)SC1CC(C#N)C(=O)O. The average molecular weight is 463 g/mol. The molecular formula is C22H30N4O5S. The molecule has 1 saturated heterocycles. The molecule has 0 spiro atoms. The molecule has 0 radical (unpaired) electrons. The number of carboxylic acid groups (broad SMARTS) is 1. The van der Waals surface area contributed by atoms with Gasteiger partial charge >= 0.3 is 12.1 Å². The summed E-state index contributed by atoms with van der Waals surface area (Å²) in [5.74, 6) is -2.33. The van der Waals surface area contributed by atoms with Crippen LogP contribution in [-0.4, -0.2) is 57.3 Å². The maximum Gasteiger partial charge on any atom is 0.412 e. The Hall–Kier alpha value is -2.93. The summed E-state index contributed by atoms with van der Waals surface area (Å²) in [4.78, 5) is 37.5. The van der Waals surface area contributed by atoms with Crippen molar-refractivity contribution in [3.8, 4) is 6.07 Å². The molecule has 1 aromatic rings. The number of carbonyl (C=O) groups excluding carboxylic acids is 2. The first-order valence-corrected chi connectivity index (χ1v) is 11.4. The standard InChI is InChI=1S/C22H30N4O5S/c1-5-26-18(11-14(13-23)20(28)29)32-17(19(26)27)9-10-24-15-7-6-8-16(12-15)25-21(30)31-22(2,3)4/h6-8,12,14,17-18,24H,5,9-11H2,1-4H3,(H,25,30)(H,28,29). The molecule has 10 heteroatoms. The number of hydrogen-bond acceptors (Lipinski definition) is 7. The lowest BCUT2D eigenvalue weighted by Gasteiger charge is -2.22. The van der Waals surface area contributed by atoms with Crippen LogP contribution in [0.3, 0.4) is 0 Å². The molecule has 1 aliphatic rings. The summed E-state index contributed by atoms with van der Waals surface area (Å²) in [6.45, 7) is 8.20. The molecule has 2 rings (SSSR count). The van der Waals surface area contributed by atoms with Crippen molar-refractivity contribution in [2.24, 2.45) is 5.92 Å². The number of nitrogens with one attached hydrogen (secondary N) is 2. The number of ether oxygens (including phenoxy) is 1. The number of nitrogens with zero attached hydrogens (tertiary/aromatic N) is 2. The van der Waals surface area contributed by atoms with Crippen molar-refractivity contribution in [1.29, 1.82) is 5.26 Å². The number of hydrogen-bond donors (Lipinski definition) is 3. The van der Waals surface area contributed by atoms with Gasteiger partial charge in [0.15, 0.2) is 0 Å². The van der Waals surface area contributed by atoms with Crippen molar-refractivity contribution >= 4 is 41.1 Å². The van der Waals surface area contributed by atoms with Crippen molar-refractivity contribution in [3.05, 3.63) is 24.3 Å². The van der Waals surface area contributed by atoms with Crippen molar-refractivity contribution in [2.45, 2.75) is 56.8 Å². The molecule has 174 valence electrons. The van der Waals surface area contributed by atoms with E-state index in [4.69, 9.17) is 15.1 Å². The second-order valence-electron chi connectivity index (χ2n) is 8.38. The minimum absolute atomic E-state index is 0.0354. The van der Waals surface area contributed by atoms with E-state index >= 15 is 0 Å². The van der Waals surface area contributed by atoms with Crippen LogP contribution < -0.4 is 10.6 Å². The van der Waals surface area contributed by atoms with Gasteiger partial charge in [-0.3, -0.25) is 14.9 Å². The van der Waals surface area contributed by atoms with Crippen molar-refractivity contribution < 1.29 is 24.2 Å². The van der Waals surface area contributed by atoms with Crippen LogP contribution in [0.15, 0.2) is 24.3 Å². The van der Waals surface area contributed by atoms with Crippen LogP contribution in [0.25, 0.3) is 0 Å². The molecular weight excluding hydrogens is 432 g/mol. The Balaban J connectivity index is 1.90. The minimum atomic E-state index is -1.17. The second-order valence-corrected chi connectivity index (χ2v) is 9.77. The fourth-order valence-corrected chi connectivity index (χ4v) is 4.86. The normalized spacial score (nSPS) is 19.2. The zero-order valence-corrected chi connectivity index (χ0v) is 19.6. The molecule has 3 unspecified atom stereocenters. The molecule has 1 fully saturated rings. The number of anilines is 2. The predicted octanol–water partition coefficient (Wildman–Crippen LogP) is 3.74. The topological polar surface area (TPSA) is 132 Å². The Kier molecular flexibility index (Phi) is 8.78. The number of rotatable bonds is 9. The van der Waals surface area contributed by atoms with Gasteiger partial charge in [0.05, 0.1) is 16.7 Å². The number of amides is 2. The highest BCUT2D eigenvalue weighted by molar-refractivity contribution is 8.01. The van der Waals surface area contributed by atoms with Gasteiger partial charge in [-0.2, -0.15) is 5.26 Å². The van der Waals surface area contributed by atoms with Crippen LogP contribution in [0.5, 0.6) is 0 Å². The molecule has 0 aliphatic carbocycles. The third-order valence-electron chi connectivity index (χ3n) is 4.70. The van der Waals surface area contributed by atoms with Crippen LogP contribution in [0.4, 0.5) is 16.2 Å². The summed E-state index contributed by atoms with van der Waals surface area (Å²) < 4.78 is 5.25. The van der Waals surface area contributed by atoms with Gasteiger partial charge in [-0.1, -0.05) is 6.07 Å². The second kappa shape index (κ2) is 11.1. The van der Waals surface area contributed by atoms with E-state index in [0.29, 0.717) is 25.2 Å². The number of carbonyl (C=O) groups is 3. The molecule has 0 aromatic heterocycles. The van der Waals surface area contributed by atoms with Gasteiger partial charge in [-0.15, -0.1) is 11.8 Å². The van der Waals surface area contributed by atoms with Gasteiger partial charge in [0.2, 0.25) is 5.91 Å². The summed E-state index contributed by atoms with van der Waals surface area (Å²) in [5.41, 5.74) is 0.783. The Morgan fingerprint density at radius 3 is 2.62 bits per heavy atom. The summed E-state index contributed by atoms with van der Waals surface area (Å²) >= 11 is 1.41. The van der Waals surface area contributed by atoms with Gasteiger partial charge < -0.3 is 20.1 Å². The van der Waals surface area contributed by atoms with Crippen LogP contribution in [0.2, 0.25) is 0 Å². The maximum atomic E-state index is 12.7. The van der Waals surface area contributed by atoms with E-state index in [1.807, 2.05) is 13.0 Å². The molecule has 1 heterocycles. The number of carboxylic acids is 1. The van der Waals surface area contributed by atoms with E-state index in [1.54, 1.807) is 49.9 Å². The first-order chi connectivity index (χ1) is 15.0. The summed E-state index contributed by atoms with van der Waals surface area (Å²) in [6, 6.07) is 8.98. The first kappa shape index (κ1) is 25.3. The number of aliphatic carboxylic acids is 1. The smallest absolute Gasteiger partial charge is 0.412 e. The molecule has 0 saturated carbocycles. The predicted molar refractivity (Wildman–Crippen MR) is 123 cm³/mol. The highest BCUT2D eigenvalue weighted by atomic mass is 32.2. The van der Waals surface area contributed by atoms with E-state index in [-0.39, 0.29) is 23.0 Å². The van der Waals surface area contributed by atoms with E-state index in [9.17, 15) is 14.4 Å². The number of benzene rings is 1. The quantitative estimate of drug-likeness (QED) is 0.506. The number of nitriles is 1. The van der Waals surface area contributed by atoms with Gasteiger partial charge in [0.25, 0.3) is 0 Å². The highest BCUT2D eigenvalue weighted by Gasteiger charge is 2.40. The lowest BCUT2D eigenvalue weighted by molar-refractivity contribution is -0.141. The zero-order valence-electron chi connectivity index (χ0n) is 18.8.